The van der Waals surface area contributed by atoms with E-state index in [0.29, 0.717) is 12.8 Å². The van der Waals surface area contributed by atoms with E-state index in [-0.39, 0.29) is 12.4 Å². The van der Waals surface area contributed by atoms with E-state index in [4.69, 9.17) is 9.84 Å². The molecule has 0 aliphatic rings. The van der Waals surface area contributed by atoms with Crippen LogP contribution in [0, 0.1) is 0 Å². The Hall–Kier alpha value is -1.84. The van der Waals surface area contributed by atoms with Crippen molar-refractivity contribution in [3.05, 3.63) is 36.5 Å². The van der Waals surface area contributed by atoms with E-state index < -0.39 is 12.1 Å². The van der Waals surface area contributed by atoms with E-state index >= 15 is 0 Å². The summed E-state index contributed by atoms with van der Waals surface area (Å²) in [4.78, 5) is 23.3. The fourth-order valence-corrected chi connectivity index (χ4v) is 4.15. The minimum atomic E-state index is -0.895. The first-order chi connectivity index (χ1) is 17.6. The molecule has 0 rings (SSSR count). The fraction of sp³-hybridized carbons (Fsp3) is 0.750. The van der Waals surface area contributed by atoms with Crippen molar-refractivity contribution in [2.24, 2.45) is 0 Å². The largest absolute Gasteiger partial charge is 0.481 e. The summed E-state index contributed by atoms with van der Waals surface area (Å²) in [5.41, 5.74) is 0. The third-order valence-corrected chi connectivity index (χ3v) is 6.35. The second-order valence-electron chi connectivity index (χ2n) is 9.95. The highest BCUT2D eigenvalue weighted by molar-refractivity contribution is 5.71. The summed E-state index contributed by atoms with van der Waals surface area (Å²) < 4.78 is 5.49. The van der Waals surface area contributed by atoms with Gasteiger partial charge in [0.2, 0.25) is 0 Å². The molecule has 36 heavy (non-hydrogen) atoms. The molecule has 0 amide bonds. The lowest BCUT2D eigenvalue weighted by atomic mass is 10.0. The van der Waals surface area contributed by atoms with Crippen LogP contribution in [0.4, 0.5) is 0 Å². The predicted octanol–water partition coefficient (Wildman–Crippen LogP) is 9.88. The number of carboxylic acid groups (broad SMARTS) is 1. The zero-order valence-electron chi connectivity index (χ0n) is 23.6. The van der Waals surface area contributed by atoms with Gasteiger partial charge in [-0.2, -0.15) is 0 Å². The molecule has 0 heterocycles. The van der Waals surface area contributed by atoms with Crippen LogP contribution in [0.1, 0.15) is 149 Å². The average molecular weight is 505 g/mol. The zero-order valence-corrected chi connectivity index (χ0v) is 23.6. The van der Waals surface area contributed by atoms with Crippen LogP contribution < -0.4 is 0 Å². The van der Waals surface area contributed by atoms with Crippen LogP contribution in [0.15, 0.2) is 36.5 Å². The molecule has 0 saturated heterocycles. The second-order valence-corrected chi connectivity index (χ2v) is 9.95. The number of rotatable bonds is 26. The fourth-order valence-electron chi connectivity index (χ4n) is 4.15. The standard InChI is InChI=1S/C32H56O4/c1-3-5-7-9-11-12-13-14-15-16-17-18-19-20-22-24-26-28-32(35)36-30(29-31(33)34)27-25-23-21-10-8-6-4-2/h11-12,14-15,17-18,30H,3-10,13,16,19-29H2,1-2H3,(H,33,34)/b12-11-,15-14-,18-17-. The van der Waals surface area contributed by atoms with E-state index in [9.17, 15) is 9.59 Å². The lowest BCUT2D eigenvalue weighted by Gasteiger charge is -2.16. The summed E-state index contributed by atoms with van der Waals surface area (Å²) in [6.07, 6.45) is 34.5. The SMILES string of the molecule is CCCCC/C=C\C/C=C\C/C=C\CCCCCCC(=O)OC(CCCCCCCCC)CC(=O)O. The molecular formula is C32H56O4. The minimum absolute atomic E-state index is 0.0845. The quantitative estimate of drug-likeness (QED) is 0.0723. The Kier molecular flexibility index (Phi) is 26.3. The van der Waals surface area contributed by atoms with Crippen LogP contribution in [0.5, 0.6) is 0 Å². The van der Waals surface area contributed by atoms with Crippen LogP contribution in [0.25, 0.3) is 0 Å². The molecule has 1 N–H and O–H groups in total. The van der Waals surface area contributed by atoms with E-state index in [1.165, 1.54) is 57.8 Å². The second kappa shape index (κ2) is 27.7. The zero-order chi connectivity index (χ0) is 26.5. The molecule has 208 valence electrons. The summed E-state index contributed by atoms with van der Waals surface area (Å²) >= 11 is 0. The van der Waals surface area contributed by atoms with Crippen LogP contribution in [0.3, 0.4) is 0 Å². The highest BCUT2D eigenvalue weighted by Gasteiger charge is 2.17. The summed E-state index contributed by atoms with van der Waals surface area (Å²) in [6, 6.07) is 0. The van der Waals surface area contributed by atoms with Crippen molar-refractivity contribution in [3.63, 3.8) is 0 Å². The van der Waals surface area contributed by atoms with Gasteiger partial charge < -0.3 is 9.84 Å². The number of carbonyl (C=O) groups is 2. The van der Waals surface area contributed by atoms with Crippen molar-refractivity contribution >= 4 is 11.9 Å². The average Bonchev–Trinajstić information content (AvgIpc) is 2.85. The summed E-state index contributed by atoms with van der Waals surface area (Å²) in [5.74, 6) is -1.14. The number of carboxylic acids is 1. The summed E-state index contributed by atoms with van der Waals surface area (Å²) in [6.45, 7) is 4.44. The smallest absolute Gasteiger partial charge is 0.307 e. The Bertz CT molecular complexity index is 591. The van der Waals surface area contributed by atoms with E-state index in [2.05, 4.69) is 50.3 Å². The molecule has 0 radical (unpaired) electrons. The van der Waals surface area contributed by atoms with Gasteiger partial charge in [0.15, 0.2) is 0 Å². The molecular weight excluding hydrogens is 448 g/mol. The predicted molar refractivity (Wildman–Crippen MR) is 153 cm³/mol. The van der Waals surface area contributed by atoms with Gasteiger partial charge in [-0.05, 0) is 57.8 Å². The maximum absolute atomic E-state index is 12.2. The molecule has 0 saturated carbocycles. The lowest BCUT2D eigenvalue weighted by Crippen LogP contribution is -2.21. The van der Waals surface area contributed by atoms with Gasteiger partial charge in [-0.25, -0.2) is 0 Å². The van der Waals surface area contributed by atoms with Crippen molar-refractivity contribution in [1.29, 1.82) is 0 Å². The van der Waals surface area contributed by atoms with E-state index in [1.54, 1.807) is 0 Å². The number of hydrogen-bond donors (Lipinski definition) is 1. The van der Waals surface area contributed by atoms with E-state index in [0.717, 1.165) is 57.8 Å². The highest BCUT2D eigenvalue weighted by atomic mass is 16.5. The Balaban J connectivity index is 3.75. The Morgan fingerprint density at radius 3 is 1.72 bits per heavy atom. The van der Waals surface area contributed by atoms with Gasteiger partial charge >= 0.3 is 11.9 Å². The van der Waals surface area contributed by atoms with Crippen molar-refractivity contribution < 1.29 is 19.4 Å². The van der Waals surface area contributed by atoms with Gasteiger partial charge in [-0.15, -0.1) is 0 Å². The first kappa shape index (κ1) is 34.2. The maximum atomic E-state index is 12.2. The first-order valence-electron chi connectivity index (χ1n) is 15.0. The van der Waals surface area contributed by atoms with Crippen molar-refractivity contribution in [2.75, 3.05) is 0 Å². The molecule has 0 spiro atoms. The molecule has 1 atom stereocenters. The van der Waals surface area contributed by atoms with Gasteiger partial charge in [0.1, 0.15) is 6.10 Å². The molecule has 1 unspecified atom stereocenters. The number of carbonyl (C=O) groups excluding carboxylic acids is 1. The number of aliphatic carboxylic acids is 1. The van der Waals surface area contributed by atoms with Crippen molar-refractivity contribution in [1.82, 2.24) is 0 Å². The lowest BCUT2D eigenvalue weighted by molar-refractivity contribution is -0.153. The molecule has 0 aromatic carbocycles. The number of unbranched alkanes of at least 4 members (excludes halogenated alkanes) is 13. The molecule has 0 aromatic heterocycles. The molecule has 4 heteroatoms. The number of hydrogen-bond acceptors (Lipinski definition) is 3. The molecule has 0 aliphatic carbocycles. The number of allylic oxidation sites excluding steroid dienone is 6. The first-order valence-corrected chi connectivity index (χ1v) is 15.0. The molecule has 0 fully saturated rings. The Morgan fingerprint density at radius 1 is 0.639 bits per heavy atom. The van der Waals surface area contributed by atoms with Crippen LogP contribution in [0.2, 0.25) is 0 Å². The topological polar surface area (TPSA) is 63.6 Å². The third-order valence-electron chi connectivity index (χ3n) is 6.35. The molecule has 0 aliphatic heterocycles. The molecule has 4 nitrogen and oxygen atoms in total. The van der Waals surface area contributed by atoms with Gasteiger partial charge in [-0.1, -0.05) is 115 Å². The van der Waals surface area contributed by atoms with Crippen molar-refractivity contribution in [2.45, 2.75) is 155 Å². The maximum Gasteiger partial charge on any atom is 0.307 e. The van der Waals surface area contributed by atoms with E-state index in [1.807, 2.05) is 0 Å². The van der Waals surface area contributed by atoms with Gasteiger partial charge in [0, 0.05) is 6.42 Å². The monoisotopic (exact) mass is 504 g/mol. The Morgan fingerprint density at radius 2 is 1.11 bits per heavy atom. The van der Waals surface area contributed by atoms with Crippen molar-refractivity contribution in [3.8, 4) is 0 Å². The Labute approximate surface area is 222 Å². The van der Waals surface area contributed by atoms with Gasteiger partial charge in [-0.3, -0.25) is 9.59 Å². The minimum Gasteiger partial charge on any atom is -0.481 e. The van der Waals surface area contributed by atoms with Crippen LogP contribution in [-0.2, 0) is 14.3 Å². The normalized spacial score (nSPS) is 12.7. The molecule has 0 bridgehead atoms. The number of esters is 1. The number of ether oxygens (including phenoxy) is 1. The summed E-state index contributed by atoms with van der Waals surface area (Å²) in [5, 5.41) is 9.13. The van der Waals surface area contributed by atoms with Crippen LogP contribution in [-0.4, -0.2) is 23.1 Å². The van der Waals surface area contributed by atoms with Crippen LogP contribution >= 0.6 is 0 Å². The molecule has 0 aromatic rings. The highest BCUT2D eigenvalue weighted by Crippen LogP contribution is 2.15. The van der Waals surface area contributed by atoms with Gasteiger partial charge in [0.25, 0.3) is 0 Å². The summed E-state index contributed by atoms with van der Waals surface area (Å²) in [7, 11) is 0. The third kappa shape index (κ3) is 26.8. The van der Waals surface area contributed by atoms with Gasteiger partial charge in [0.05, 0.1) is 6.42 Å².